The third kappa shape index (κ3) is 4.59. The smallest absolute Gasteiger partial charge is 0.221 e. The van der Waals surface area contributed by atoms with E-state index in [1.807, 2.05) is 73.2 Å². The van der Waals surface area contributed by atoms with E-state index in [1.54, 1.807) is 0 Å². The summed E-state index contributed by atoms with van der Waals surface area (Å²) >= 11 is 5.87. The molecule has 1 aliphatic heterocycles. The van der Waals surface area contributed by atoms with Crippen molar-refractivity contribution in [3.05, 3.63) is 107 Å². The highest BCUT2D eigenvalue weighted by Crippen LogP contribution is 2.43. The normalized spacial score (nSPS) is 17.2. The van der Waals surface area contributed by atoms with Crippen LogP contribution in [-0.2, 0) is 11.3 Å². The second kappa shape index (κ2) is 9.91. The molecule has 5 rings (SSSR count). The number of anilines is 2. The van der Waals surface area contributed by atoms with E-state index >= 15 is 0 Å². The van der Waals surface area contributed by atoms with Crippen LogP contribution in [0.2, 0.25) is 0 Å². The molecule has 182 valence electrons. The summed E-state index contributed by atoms with van der Waals surface area (Å²) in [5.41, 5.74) is 7.38. The van der Waals surface area contributed by atoms with Crippen molar-refractivity contribution in [2.45, 2.75) is 39.4 Å². The van der Waals surface area contributed by atoms with Gasteiger partial charge in [0.25, 0.3) is 0 Å². The van der Waals surface area contributed by atoms with Crippen LogP contribution in [0.3, 0.4) is 0 Å². The first-order valence-electron chi connectivity index (χ1n) is 11.9. The van der Waals surface area contributed by atoms with Crippen molar-refractivity contribution in [3.8, 4) is 0 Å². The monoisotopic (exact) mass is 496 g/mol. The molecule has 0 saturated carbocycles. The van der Waals surface area contributed by atoms with Crippen molar-refractivity contribution in [2.75, 3.05) is 10.2 Å². The van der Waals surface area contributed by atoms with E-state index in [1.165, 1.54) is 29.4 Å². The van der Waals surface area contributed by atoms with E-state index in [0.29, 0.717) is 5.11 Å². The van der Waals surface area contributed by atoms with Gasteiger partial charge < -0.3 is 20.1 Å². The van der Waals surface area contributed by atoms with Crippen LogP contribution in [0, 0.1) is 13.8 Å². The molecule has 4 heterocycles. The summed E-state index contributed by atoms with van der Waals surface area (Å²) in [6, 6.07) is 19.9. The molecule has 1 amide bonds. The number of carbonyl (C=O) groups is 1. The lowest BCUT2D eigenvalue weighted by molar-refractivity contribution is -0.114. The maximum absolute atomic E-state index is 11.5. The highest BCUT2D eigenvalue weighted by Gasteiger charge is 2.42. The van der Waals surface area contributed by atoms with Crippen LogP contribution in [0.25, 0.3) is 0 Å². The summed E-state index contributed by atoms with van der Waals surface area (Å²) in [5.74, 6) is -0.101. The largest absolute Gasteiger partial charge is 0.351 e. The average molecular weight is 497 g/mol. The number of amides is 1. The van der Waals surface area contributed by atoms with Gasteiger partial charge in [0.2, 0.25) is 5.91 Å². The van der Waals surface area contributed by atoms with E-state index in [2.05, 4.69) is 50.0 Å². The van der Waals surface area contributed by atoms with Gasteiger partial charge in [-0.1, -0.05) is 6.07 Å². The number of aromatic nitrogens is 3. The van der Waals surface area contributed by atoms with E-state index in [4.69, 9.17) is 12.2 Å². The SMILES string of the molecule is CC(=O)Nc1ccc(N2C(=S)N[C@@H](c3ccccn3)[C@@H]2c2cc(C)n(Cc3ccncc3)c2C)cc1. The lowest BCUT2D eigenvalue weighted by Gasteiger charge is -2.28. The van der Waals surface area contributed by atoms with Gasteiger partial charge in [0.1, 0.15) is 0 Å². The third-order valence-electron chi connectivity index (χ3n) is 6.59. The Morgan fingerprint density at radius 1 is 1.06 bits per heavy atom. The molecule has 8 heteroatoms. The third-order valence-corrected chi connectivity index (χ3v) is 6.90. The lowest BCUT2D eigenvalue weighted by Crippen LogP contribution is -2.29. The topological polar surface area (TPSA) is 75.1 Å². The number of nitrogens with zero attached hydrogens (tertiary/aromatic N) is 4. The van der Waals surface area contributed by atoms with Crippen LogP contribution >= 0.6 is 12.2 Å². The molecule has 0 unspecified atom stereocenters. The van der Waals surface area contributed by atoms with Gasteiger partial charge in [-0.3, -0.25) is 14.8 Å². The molecule has 0 bridgehead atoms. The fourth-order valence-corrected chi connectivity index (χ4v) is 5.24. The number of aryl methyl sites for hydroxylation is 1. The average Bonchev–Trinajstić information content (AvgIpc) is 3.36. The quantitative estimate of drug-likeness (QED) is 0.363. The molecule has 7 nitrogen and oxygen atoms in total. The van der Waals surface area contributed by atoms with Gasteiger partial charge >= 0.3 is 0 Å². The maximum Gasteiger partial charge on any atom is 0.221 e. The van der Waals surface area contributed by atoms with Crippen molar-refractivity contribution >= 4 is 34.6 Å². The maximum atomic E-state index is 11.5. The van der Waals surface area contributed by atoms with Gasteiger partial charge in [-0.05, 0) is 91.8 Å². The molecule has 0 aliphatic carbocycles. The summed E-state index contributed by atoms with van der Waals surface area (Å²) in [7, 11) is 0. The van der Waals surface area contributed by atoms with Crippen LogP contribution in [-0.4, -0.2) is 25.6 Å². The summed E-state index contributed by atoms with van der Waals surface area (Å²) in [4.78, 5) is 22.4. The second-order valence-electron chi connectivity index (χ2n) is 8.99. The van der Waals surface area contributed by atoms with Gasteiger partial charge in [-0.2, -0.15) is 0 Å². The Hall–Kier alpha value is -4.04. The molecular weight excluding hydrogens is 468 g/mol. The van der Waals surface area contributed by atoms with Gasteiger partial charge in [-0.15, -0.1) is 0 Å². The van der Waals surface area contributed by atoms with E-state index in [9.17, 15) is 4.79 Å². The highest BCUT2D eigenvalue weighted by atomic mass is 32.1. The summed E-state index contributed by atoms with van der Waals surface area (Å²) in [6.07, 6.45) is 5.47. The highest BCUT2D eigenvalue weighted by molar-refractivity contribution is 7.80. The van der Waals surface area contributed by atoms with Crippen LogP contribution in [0.1, 0.15) is 47.2 Å². The second-order valence-corrected chi connectivity index (χ2v) is 9.38. The zero-order valence-electron chi connectivity index (χ0n) is 20.5. The summed E-state index contributed by atoms with van der Waals surface area (Å²) in [6.45, 7) is 6.58. The van der Waals surface area contributed by atoms with Crippen molar-refractivity contribution in [1.29, 1.82) is 0 Å². The number of nitrogens with one attached hydrogen (secondary N) is 2. The molecule has 3 aromatic heterocycles. The van der Waals surface area contributed by atoms with Crippen LogP contribution in [0.4, 0.5) is 11.4 Å². The zero-order chi connectivity index (χ0) is 25.2. The minimum atomic E-state index is -0.122. The minimum absolute atomic E-state index is 0.101. The molecule has 2 N–H and O–H groups in total. The molecule has 0 radical (unpaired) electrons. The first-order chi connectivity index (χ1) is 17.4. The van der Waals surface area contributed by atoms with E-state index in [-0.39, 0.29) is 18.0 Å². The minimum Gasteiger partial charge on any atom is -0.351 e. The zero-order valence-corrected chi connectivity index (χ0v) is 21.3. The van der Waals surface area contributed by atoms with Gasteiger partial charge in [-0.25, -0.2) is 0 Å². The Morgan fingerprint density at radius 3 is 2.47 bits per heavy atom. The first kappa shape index (κ1) is 23.7. The number of hydrogen-bond acceptors (Lipinski definition) is 4. The van der Waals surface area contributed by atoms with Crippen molar-refractivity contribution in [3.63, 3.8) is 0 Å². The molecule has 1 fully saturated rings. The van der Waals surface area contributed by atoms with Crippen molar-refractivity contribution in [1.82, 2.24) is 19.9 Å². The predicted octanol–water partition coefficient (Wildman–Crippen LogP) is 5.08. The molecule has 1 aromatic carbocycles. The van der Waals surface area contributed by atoms with Crippen molar-refractivity contribution < 1.29 is 4.79 Å². The Balaban J connectivity index is 1.58. The Morgan fingerprint density at radius 2 is 1.81 bits per heavy atom. The number of rotatable bonds is 6. The number of pyridine rings is 2. The molecule has 2 atom stereocenters. The molecule has 1 aliphatic rings. The standard InChI is InChI=1S/C28H28N6OS/c1-18-16-24(19(2)33(18)17-21-11-14-29-15-12-21)27-26(25-6-4-5-13-30-25)32-28(36)34(27)23-9-7-22(8-10-23)31-20(3)35/h4-16,26-27H,17H2,1-3H3,(H,31,35)(H,32,36)/t26-,27-/m0/s1. The molecular formula is C28H28N6OS. The Labute approximate surface area is 216 Å². The Bertz CT molecular complexity index is 1390. The lowest BCUT2D eigenvalue weighted by atomic mass is 9.96. The summed E-state index contributed by atoms with van der Waals surface area (Å²) in [5, 5.41) is 7.00. The predicted molar refractivity (Wildman–Crippen MR) is 146 cm³/mol. The summed E-state index contributed by atoms with van der Waals surface area (Å²) < 4.78 is 2.33. The molecule has 1 saturated heterocycles. The van der Waals surface area contributed by atoms with Gasteiger partial charge in [0.15, 0.2) is 5.11 Å². The molecule has 4 aromatic rings. The number of hydrogen-bond donors (Lipinski definition) is 2. The van der Waals surface area contributed by atoms with Crippen LogP contribution in [0.15, 0.2) is 79.3 Å². The van der Waals surface area contributed by atoms with Crippen LogP contribution in [0.5, 0.6) is 0 Å². The molecule has 36 heavy (non-hydrogen) atoms. The van der Waals surface area contributed by atoms with E-state index in [0.717, 1.165) is 23.6 Å². The number of thiocarbonyl (C=S) groups is 1. The van der Waals surface area contributed by atoms with Gasteiger partial charge in [0, 0.05) is 54.8 Å². The van der Waals surface area contributed by atoms with Crippen molar-refractivity contribution in [2.24, 2.45) is 0 Å². The first-order valence-corrected chi connectivity index (χ1v) is 12.3. The number of benzene rings is 1. The Kier molecular flexibility index (Phi) is 6.52. The fourth-order valence-electron chi connectivity index (χ4n) is 4.90. The molecule has 0 spiro atoms. The van der Waals surface area contributed by atoms with Gasteiger partial charge in [0.05, 0.1) is 17.8 Å². The fraction of sp³-hybridized carbons (Fsp3) is 0.214. The van der Waals surface area contributed by atoms with E-state index < -0.39 is 0 Å². The number of carbonyl (C=O) groups excluding carboxylic acids is 1. The van der Waals surface area contributed by atoms with Crippen LogP contribution < -0.4 is 15.5 Å².